The van der Waals surface area contributed by atoms with Gasteiger partial charge in [-0.3, -0.25) is 4.79 Å². The summed E-state index contributed by atoms with van der Waals surface area (Å²) in [5, 5.41) is 3.37. The van der Waals surface area contributed by atoms with Crippen molar-refractivity contribution in [2.75, 3.05) is 46.4 Å². The van der Waals surface area contributed by atoms with E-state index < -0.39 is 5.69 Å². The molecule has 2 aromatic rings. The zero-order valence-corrected chi connectivity index (χ0v) is 18.9. The largest absolute Gasteiger partial charge is 0.497 e. The van der Waals surface area contributed by atoms with E-state index >= 15 is 0 Å². The molecule has 0 fully saturated rings. The van der Waals surface area contributed by atoms with Gasteiger partial charge in [0.15, 0.2) is 0 Å². The van der Waals surface area contributed by atoms with Crippen molar-refractivity contribution in [3.8, 4) is 5.75 Å². The molecule has 0 aliphatic carbocycles. The Morgan fingerprint density at radius 1 is 1.10 bits per heavy atom. The fraction of sp³-hybridized carbons (Fsp3) is 0.476. The van der Waals surface area contributed by atoms with Crippen LogP contribution < -0.4 is 15.7 Å². The minimum Gasteiger partial charge on any atom is -0.497 e. The first kappa shape index (κ1) is 24.9. The molecule has 0 spiro atoms. The molecule has 0 radical (unpaired) electrons. The molecule has 0 atom stereocenters. The lowest BCUT2D eigenvalue weighted by Crippen LogP contribution is -2.25. The molecule has 1 aromatic heterocycles. The van der Waals surface area contributed by atoms with E-state index in [1.807, 2.05) is 31.2 Å². The summed E-state index contributed by atoms with van der Waals surface area (Å²) in [6.45, 7) is 4.36. The second-order valence-electron chi connectivity index (χ2n) is 6.52. The summed E-state index contributed by atoms with van der Waals surface area (Å²) in [5.41, 5.74) is 1.92. The summed E-state index contributed by atoms with van der Waals surface area (Å²) in [6.07, 6.45) is 0. The van der Waals surface area contributed by atoms with Crippen LogP contribution in [0.2, 0.25) is 0 Å². The number of aromatic amines is 1. The third kappa shape index (κ3) is 9.09. The molecule has 0 unspecified atom stereocenters. The van der Waals surface area contributed by atoms with Crippen molar-refractivity contribution in [1.29, 1.82) is 0 Å². The van der Waals surface area contributed by atoms with Crippen LogP contribution in [-0.4, -0.2) is 62.3 Å². The lowest BCUT2D eigenvalue weighted by Gasteiger charge is -2.11. The van der Waals surface area contributed by atoms with Crippen LogP contribution in [0.4, 0.5) is 0 Å². The van der Waals surface area contributed by atoms with E-state index in [-0.39, 0.29) is 18.3 Å². The van der Waals surface area contributed by atoms with Crippen molar-refractivity contribution in [2.24, 2.45) is 0 Å². The number of thioether (sulfide) groups is 1. The van der Waals surface area contributed by atoms with Gasteiger partial charge < -0.3 is 29.2 Å². The van der Waals surface area contributed by atoms with Crippen LogP contribution >= 0.6 is 11.8 Å². The van der Waals surface area contributed by atoms with Crippen LogP contribution in [0.5, 0.6) is 5.75 Å². The highest BCUT2D eigenvalue weighted by Gasteiger charge is 2.11. The molecule has 0 aliphatic heterocycles. The Morgan fingerprint density at radius 3 is 2.52 bits per heavy atom. The summed E-state index contributed by atoms with van der Waals surface area (Å²) < 4.78 is 20.9. The van der Waals surface area contributed by atoms with E-state index in [1.54, 1.807) is 14.2 Å². The van der Waals surface area contributed by atoms with Crippen molar-refractivity contribution in [3.63, 3.8) is 0 Å². The van der Waals surface area contributed by atoms with Gasteiger partial charge in [-0.2, -0.15) is 4.98 Å². The summed E-state index contributed by atoms with van der Waals surface area (Å²) >= 11 is 1.22. The molecule has 170 valence electrons. The first-order valence-corrected chi connectivity index (χ1v) is 10.8. The molecular weight excluding hydrogens is 422 g/mol. The monoisotopic (exact) mass is 451 g/mol. The van der Waals surface area contributed by atoms with Gasteiger partial charge in [-0.1, -0.05) is 23.9 Å². The molecule has 0 bridgehead atoms. The molecule has 2 rings (SSSR count). The fourth-order valence-corrected chi connectivity index (χ4v) is 3.36. The summed E-state index contributed by atoms with van der Waals surface area (Å²) in [6, 6.07) is 7.47. The van der Waals surface area contributed by atoms with Gasteiger partial charge in [-0.25, -0.2) is 4.79 Å². The number of amides is 1. The third-order valence-electron chi connectivity index (χ3n) is 4.27. The maximum atomic E-state index is 12.2. The molecule has 0 saturated heterocycles. The molecule has 1 amide bonds. The van der Waals surface area contributed by atoms with Crippen LogP contribution in [0.3, 0.4) is 0 Å². The van der Waals surface area contributed by atoms with Gasteiger partial charge in [-0.15, -0.1) is 0 Å². The minimum absolute atomic E-state index is 0.145. The predicted octanol–water partition coefficient (Wildman–Crippen LogP) is 1.68. The van der Waals surface area contributed by atoms with E-state index in [1.165, 1.54) is 11.8 Å². The summed E-state index contributed by atoms with van der Waals surface area (Å²) in [4.78, 5) is 30.8. The van der Waals surface area contributed by atoms with E-state index in [4.69, 9.17) is 18.9 Å². The van der Waals surface area contributed by atoms with Gasteiger partial charge in [0, 0.05) is 19.2 Å². The Labute approximate surface area is 185 Å². The lowest BCUT2D eigenvalue weighted by molar-refractivity contribution is -0.118. The first-order chi connectivity index (χ1) is 15.0. The SMILES string of the molecule is COCCOCCOCc1[nH]c(=O)nc(SCC(=O)NCc2ccc(OC)cc2)c1C. The number of ether oxygens (including phenoxy) is 4. The Hall–Kier alpha value is -2.40. The van der Waals surface area contributed by atoms with Crippen molar-refractivity contribution >= 4 is 17.7 Å². The van der Waals surface area contributed by atoms with Crippen LogP contribution in [0.15, 0.2) is 34.1 Å². The summed E-state index contributed by atoms with van der Waals surface area (Å²) in [5.74, 6) is 0.773. The Bertz CT molecular complexity index is 872. The van der Waals surface area contributed by atoms with Crippen LogP contribution in [0.25, 0.3) is 0 Å². The molecule has 2 N–H and O–H groups in total. The zero-order valence-electron chi connectivity index (χ0n) is 18.1. The van der Waals surface area contributed by atoms with Crippen molar-refractivity contribution in [1.82, 2.24) is 15.3 Å². The number of nitrogens with zero attached hydrogens (tertiary/aromatic N) is 1. The van der Waals surface area contributed by atoms with Crippen molar-refractivity contribution in [3.05, 3.63) is 51.6 Å². The van der Waals surface area contributed by atoms with Crippen molar-refractivity contribution < 1.29 is 23.7 Å². The second-order valence-corrected chi connectivity index (χ2v) is 7.49. The van der Waals surface area contributed by atoms with Crippen LogP contribution in [0, 0.1) is 6.92 Å². The number of rotatable bonds is 14. The van der Waals surface area contributed by atoms with Gasteiger partial charge in [0.1, 0.15) is 10.8 Å². The topological polar surface area (TPSA) is 112 Å². The third-order valence-corrected chi connectivity index (χ3v) is 5.35. The number of hydrogen-bond acceptors (Lipinski definition) is 8. The highest BCUT2D eigenvalue weighted by Crippen LogP contribution is 2.20. The number of hydrogen-bond donors (Lipinski definition) is 2. The quantitative estimate of drug-likeness (QED) is 0.253. The first-order valence-electron chi connectivity index (χ1n) is 9.80. The fourth-order valence-electron chi connectivity index (χ4n) is 2.51. The van der Waals surface area contributed by atoms with Crippen LogP contribution in [-0.2, 0) is 32.2 Å². The Balaban J connectivity index is 1.79. The smallest absolute Gasteiger partial charge is 0.346 e. The zero-order chi connectivity index (χ0) is 22.5. The molecule has 31 heavy (non-hydrogen) atoms. The van der Waals surface area contributed by atoms with E-state index in [9.17, 15) is 9.59 Å². The number of nitrogens with one attached hydrogen (secondary N) is 2. The normalized spacial score (nSPS) is 10.8. The number of aromatic nitrogens is 2. The molecule has 1 aromatic carbocycles. The molecule has 0 aliphatic rings. The lowest BCUT2D eigenvalue weighted by atomic mass is 10.2. The van der Waals surface area contributed by atoms with Gasteiger partial charge in [0.2, 0.25) is 5.91 Å². The van der Waals surface area contributed by atoms with E-state index in [0.717, 1.165) is 16.9 Å². The van der Waals surface area contributed by atoms with Gasteiger partial charge in [0.05, 0.1) is 51.6 Å². The highest BCUT2D eigenvalue weighted by molar-refractivity contribution is 7.99. The van der Waals surface area contributed by atoms with Crippen LogP contribution in [0.1, 0.15) is 16.8 Å². The number of carbonyl (C=O) groups excluding carboxylic acids is 1. The van der Waals surface area contributed by atoms with E-state index in [0.29, 0.717) is 43.7 Å². The van der Waals surface area contributed by atoms with Gasteiger partial charge in [0.25, 0.3) is 0 Å². The molecule has 9 nitrogen and oxygen atoms in total. The van der Waals surface area contributed by atoms with E-state index in [2.05, 4.69) is 15.3 Å². The van der Waals surface area contributed by atoms with Gasteiger partial charge in [-0.05, 0) is 24.6 Å². The second kappa shape index (κ2) is 13.8. The molecular formula is C21H29N3O6S. The number of benzene rings is 1. The Kier molecular flexibility index (Phi) is 11.1. The standard InChI is InChI=1S/C21H29N3O6S/c1-15-18(13-30-11-10-29-9-8-27-2)23-21(26)24-20(15)31-14-19(25)22-12-16-4-6-17(28-3)7-5-16/h4-7H,8-14H2,1-3H3,(H,22,25)(H,23,24,26). The Morgan fingerprint density at radius 2 is 1.81 bits per heavy atom. The average Bonchev–Trinajstić information content (AvgIpc) is 2.78. The maximum Gasteiger partial charge on any atom is 0.346 e. The predicted molar refractivity (Wildman–Crippen MR) is 118 cm³/mol. The molecule has 10 heteroatoms. The number of H-pyrrole nitrogens is 1. The highest BCUT2D eigenvalue weighted by atomic mass is 32.2. The molecule has 1 heterocycles. The van der Waals surface area contributed by atoms with Crippen molar-refractivity contribution in [2.45, 2.75) is 25.1 Å². The maximum absolute atomic E-state index is 12.2. The number of carbonyl (C=O) groups is 1. The molecule has 0 saturated carbocycles. The number of methoxy groups -OCH3 is 2. The summed E-state index contributed by atoms with van der Waals surface area (Å²) in [7, 11) is 3.22. The van der Waals surface area contributed by atoms with Gasteiger partial charge >= 0.3 is 5.69 Å². The average molecular weight is 452 g/mol. The minimum atomic E-state index is -0.471.